The fraction of sp³-hybridized carbons (Fsp3) is 0.500. The lowest BCUT2D eigenvalue weighted by molar-refractivity contribution is 0.0163. The second kappa shape index (κ2) is 9.00. The Hall–Kier alpha value is -0.270. The van der Waals surface area contributed by atoms with Crippen LogP contribution in [-0.2, 0) is 0 Å². The van der Waals surface area contributed by atoms with E-state index in [0.29, 0.717) is 26.2 Å². The Labute approximate surface area is 137 Å². The summed E-state index contributed by atoms with van der Waals surface area (Å²) >= 11 is 5.67. The first-order valence-electron chi connectivity index (χ1n) is 5.88. The number of halogens is 7. The van der Waals surface area contributed by atoms with Gasteiger partial charge in [0, 0.05) is 31.7 Å². The SMILES string of the molecule is Cl.Cl.Fc1ccc(F)c([C@H](C(F)F)N2CCNCC2)c1Cl. The van der Waals surface area contributed by atoms with Gasteiger partial charge in [-0.25, -0.2) is 17.6 Å². The molecule has 1 aromatic carbocycles. The third kappa shape index (κ3) is 4.60. The summed E-state index contributed by atoms with van der Waals surface area (Å²) in [5.74, 6) is -1.80. The molecule has 1 aromatic rings. The van der Waals surface area contributed by atoms with Crippen LogP contribution < -0.4 is 5.32 Å². The Bertz CT molecular complexity index is 456. The van der Waals surface area contributed by atoms with E-state index in [1.54, 1.807) is 0 Å². The third-order valence-electron chi connectivity index (χ3n) is 3.16. The lowest BCUT2D eigenvalue weighted by atomic mass is 10.0. The van der Waals surface area contributed by atoms with Gasteiger partial charge >= 0.3 is 0 Å². The molecule has 0 aliphatic carbocycles. The second-order valence-electron chi connectivity index (χ2n) is 4.32. The van der Waals surface area contributed by atoms with Crippen molar-refractivity contribution >= 4 is 36.4 Å². The smallest absolute Gasteiger partial charge is 0.258 e. The van der Waals surface area contributed by atoms with Gasteiger partial charge in [0.2, 0.25) is 0 Å². The molecule has 21 heavy (non-hydrogen) atoms. The number of hydrogen-bond donors (Lipinski definition) is 1. The maximum absolute atomic E-state index is 13.8. The van der Waals surface area contributed by atoms with Crippen molar-refractivity contribution in [2.24, 2.45) is 0 Å². The van der Waals surface area contributed by atoms with Crippen molar-refractivity contribution in [3.63, 3.8) is 0 Å². The molecule has 0 aromatic heterocycles. The van der Waals surface area contributed by atoms with Crippen LogP contribution >= 0.6 is 36.4 Å². The van der Waals surface area contributed by atoms with Crippen molar-refractivity contribution in [3.05, 3.63) is 34.4 Å². The van der Waals surface area contributed by atoms with E-state index in [0.717, 1.165) is 12.1 Å². The van der Waals surface area contributed by atoms with Crippen molar-refractivity contribution in [2.75, 3.05) is 26.2 Å². The second-order valence-corrected chi connectivity index (χ2v) is 4.70. The molecule has 0 saturated carbocycles. The van der Waals surface area contributed by atoms with Crippen molar-refractivity contribution in [1.29, 1.82) is 0 Å². The maximum Gasteiger partial charge on any atom is 0.258 e. The number of nitrogens with one attached hydrogen (secondary N) is 1. The highest BCUT2D eigenvalue weighted by molar-refractivity contribution is 6.31. The normalized spacial score (nSPS) is 17.0. The van der Waals surface area contributed by atoms with Crippen LogP contribution in [0.25, 0.3) is 0 Å². The van der Waals surface area contributed by atoms with Crippen LogP contribution in [0.1, 0.15) is 11.6 Å². The molecule has 1 fully saturated rings. The molecule has 0 spiro atoms. The van der Waals surface area contributed by atoms with Crippen LogP contribution in [-0.4, -0.2) is 37.5 Å². The van der Waals surface area contributed by atoms with Crippen LogP contribution in [0.4, 0.5) is 17.6 Å². The minimum Gasteiger partial charge on any atom is -0.314 e. The third-order valence-corrected chi connectivity index (χ3v) is 3.54. The largest absolute Gasteiger partial charge is 0.314 e. The average Bonchev–Trinajstić information content (AvgIpc) is 2.39. The Kier molecular flexibility index (Phi) is 8.89. The zero-order chi connectivity index (χ0) is 14.0. The molecule has 0 unspecified atom stereocenters. The molecule has 1 atom stereocenters. The summed E-state index contributed by atoms with van der Waals surface area (Å²) in [5, 5.41) is 2.45. The van der Waals surface area contributed by atoms with Crippen LogP contribution in [0.15, 0.2) is 12.1 Å². The van der Waals surface area contributed by atoms with Gasteiger partial charge < -0.3 is 5.32 Å². The van der Waals surface area contributed by atoms with E-state index in [2.05, 4.69) is 5.32 Å². The quantitative estimate of drug-likeness (QED) is 0.646. The molecular weight excluding hydrogens is 354 g/mol. The molecule has 2 nitrogen and oxygen atoms in total. The van der Waals surface area contributed by atoms with Crippen LogP contribution in [0, 0.1) is 11.6 Å². The molecule has 0 radical (unpaired) electrons. The van der Waals surface area contributed by atoms with Gasteiger partial charge in [0.25, 0.3) is 6.43 Å². The van der Waals surface area contributed by atoms with Crippen molar-refractivity contribution in [2.45, 2.75) is 12.5 Å². The van der Waals surface area contributed by atoms with Crippen molar-refractivity contribution < 1.29 is 17.6 Å². The molecule has 1 aliphatic heterocycles. The monoisotopic (exact) mass is 368 g/mol. The Balaban J connectivity index is 0.00000200. The number of nitrogens with zero attached hydrogens (tertiary/aromatic N) is 1. The molecule has 2 rings (SSSR count). The number of alkyl halides is 2. The first kappa shape index (κ1) is 20.7. The molecule has 9 heteroatoms. The number of hydrogen-bond acceptors (Lipinski definition) is 2. The number of benzene rings is 1. The maximum atomic E-state index is 13.8. The van der Waals surface area contributed by atoms with Gasteiger partial charge in [0.1, 0.15) is 17.7 Å². The standard InChI is InChI=1S/C12H13ClF4N2.2ClH/c13-10-8(15)2-1-7(14)9(10)11(12(16)17)19-5-3-18-4-6-19;;/h1-2,11-12,18H,3-6H2;2*1H/t11-;;/m1../s1. The summed E-state index contributed by atoms with van der Waals surface area (Å²) in [6, 6.07) is 0.139. The molecule has 0 bridgehead atoms. The Morgan fingerprint density at radius 3 is 2.10 bits per heavy atom. The molecule has 1 aliphatic rings. The lowest BCUT2D eigenvalue weighted by Crippen LogP contribution is -2.47. The average molecular weight is 370 g/mol. The fourth-order valence-corrected chi connectivity index (χ4v) is 2.51. The Morgan fingerprint density at radius 1 is 1.05 bits per heavy atom. The van der Waals surface area contributed by atoms with E-state index in [1.807, 2.05) is 0 Å². The van der Waals surface area contributed by atoms with Gasteiger partial charge in [-0.15, -0.1) is 24.8 Å². The predicted octanol–water partition coefficient (Wildman–Crippen LogP) is 3.67. The zero-order valence-corrected chi connectivity index (χ0v) is 13.2. The number of piperazine rings is 1. The zero-order valence-electron chi connectivity index (χ0n) is 10.8. The highest BCUT2D eigenvalue weighted by Gasteiger charge is 2.34. The topological polar surface area (TPSA) is 15.3 Å². The van der Waals surface area contributed by atoms with E-state index in [4.69, 9.17) is 11.6 Å². The first-order valence-corrected chi connectivity index (χ1v) is 6.26. The van der Waals surface area contributed by atoms with Crippen molar-refractivity contribution in [1.82, 2.24) is 10.2 Å². The summed E-state index contributed by atoms with van der Waals surface area (Å²) in [4.78, 5) is 1.42. The summed E-state index contributed by atoms with van der Waals surface area (Å²) < 4.78 is 53.6. The van der Waals surface area contributed by atoms with Gasteiger partial charge in [0.15, 0.2) is 0 Å². The van der Waals surface area contributed by atoms with E-state index in [1.165, 1.54) is 4.90 Å². The summed E-state index contributed by atoms with van der Waals surface area (Å²) in [6.45, 7) is 1.72. The van der Waals surface area contributed by atoms with Gasteiger partial charge in [-0.3, -0.25) is 4.90 Å². The summed E-state index contributed by atoms with van der Waals surface area (Å²) in [6.07, 6.45) is -2.84. The van der Waals surface area contributed by atoms with E-state index in [9.17, 15) is 17.6 Å². The molecule has 1 heterocycles. The predicted molar refractivity (Wildman–Crippen MR) is 79.1 cm³/mol. The summed E-state index contributed by atoms with van der Waals surface area (Å²) in [5.41, 5.74) is -0.460. The van der Waals surface area contributed by atoms with E-state index < -0.39 is 34.7 Å². The molecule has 1 saturated heterocycles. The Morgan fingerprint density at radius 2 is 1.57 bits per heavy atom. The highest BCUT2D eigenvalue weighted by atomic mass is 35.5. The number of rotatable bonds is 3. The van der Waals surface area contributed by atoms with Crippen molar-refractivity contribution in [3.8, 4) is 0 Å². The minimum absolute atomic E-state index is 0. The minimum atomic E-state index is -2.84. The van der Waals surface area contributed by atoms with Gasteiger partial charge in [-0.05, 0) is 12.1 Å². The summed E-state index contributed by atoms with van der Waals surface area (Å²) in [7, 11) is 0. The van der Waals surface area contributed by atoms with Gasteiger partial charge in [0.05, 0.1) is 5.02 Å². The molecule has 122 valence electrons. The lowest BCUT2D eigenvalue weighted by Gasteiger charge is -2.35. The van der Waals surface area contributed by atoms with E-state index >= 15 is 0 Å². The highest BCUT2D eigenvalue weighted by Crippen LogP contribution is 2.35. The van der Waals surface area contributed by atoms with Crippen LogP contribution in [0.2, 0.25) is 5.02 Å². The molecule has 0 amide bonds. The first-order chi connectivity index (χ1) is 9.02. The molecular formula is C12H15Cl3F4N2. The van der Waals surface area contributed by atoms with Gasteiger partial charge in [-0.1, -0.05) is 11.6 Å². The van der Waals surface area contributed by atoms with Gasteiger partial charge in [-0.2, -0.15) is 0 Å². The van der Waals surface area contributed by atoms with Crippen LogP contribution in [0.3, 0.4) is 0 Å². The van der Waals surface area contributed by atoms with Crippen LogP contribution in [0.5, 0.6) is 0 Å². The fourth-order valence-electron chi connectivity index (χ4n) is 2.24. The van der Waals surface area contributed by atoms with E-state index in [-0.39, 0.29) is 24.8 Å². The molecule has 1 N–H and O–H groups in total.